The van der Waals surface area contributed by atoms with Gasteiger partial charge in [0.15, 0.2) is 0 Å². The molecule has 29 heavy (non-hydrogen) atoms. The van der Waals surface area contributed by atoms with Gasteiger partial charge in [0.05, 0.1) is 18.9 Å². The first-order chi connectivity index (χ1) is 13.5. The van der Waals surface area contributed by atoms with Gasteiger partial charge in [-0.1, -0.05) is 12.1 Å². The number of nitrogens with two attached hydrogens (primary N) is 2. The van der Waals surface area contributed by atoms with Gasteiger partial charge < -0.3 is 37.4 Å². The first kappa shape index (κ1) is 23.4. The number of hydrogen-bond donors (Lipinski definition) is 7. The van der Waals surface area contributed by atoms with Crippen molar-refractivity contribution in [2.45, 2.75) is 37.4 Å². The molecular formula is C17H22N4O8. The van der Waals surface area contributed by atoms with Gasteiger partial charge in [0.25, 0.3) is 0 Å². The Morgan fingerprint density at radius 3 is 1.93 bits per heavy atom. The maximum absolute atomic E-state index is 12.3. The van der Waals surface area contributed by atoms with Crippen LogP contribution in [0.1, 0.15) is 18.4 Å². The summed E-state index contributed by atoms with van der Waals surface area (Å²) in [5, 5.41) is 31.4. The van der Waals surface area contributed by atoms with E-state index in [1.165, 1.54) is 24.3 Å². The molecule has 3 unspecified atom stereocenters. The van der Waals surface area contributed by atoms with Crippen molar-refractivity contribution in [1.82, 2.24) is 10.6 Å². The van der Waals surface area contributed by atoms with E-state index in [9.17, 15) is 29.1 Å². The number of amides is 3. The Hall–Kier alpha value is -3.67. The number of benzene rings is 1. The van der Waals surface area contributed by atoms with Crippen LogP contribution >= 0.6 is 0 Å². The van der Waals surface area contributed by atoms with Gasteiger partial charge in [0.2, 0.25) is 17.7 Å². The van der Waals surface area contributed by atoms with Gasteiger partial charge >= 0.3 is 11.9 Å². The predicted octanol–water partition coefficient (Wildman–Crippen LogP) is -2.33. The maximum Gasteiger partial charge on any atom is 0.326 e. The second kappa shape index (κ2) is 10.6. The van der Waals surface area contributed by atoms with E-state index < -0.39 is 60.6 Å². The highest BCUT2D eigenvalue weighted by Crippen LogP contribution is 2.11. The molecule has 0 bridgehead atoms. The molecule has 1 aromatic rings. The minimum absolute atomic E-state index is 0.0221. The zero-order chi connectivity index (χ0) is 22.1. The maximum atomic E-state index is 12.3. The van der Waals surface area contributed by atoms with Crippen LogP contribution in [0.4, 0.5) is 0 Å². The molecule has 12 nitrogen and oxygen atoms in total. The summed E-state index contributed by atoms with van der Waals surface area (Å²) in [5.74, 6) is -5.92. The predicted molar refractivity (Wildman–Crippen MR) is 97.3 cm³/mol. The number of carboxylic acids is 2. The Kier molecular flexibility index (Phi) is 8.55. The number of aliphatic carboxylic acids is 2. The van der Waals surface area contributed by atoms with Gasteiger partial charge in [-0.25, -0.2) is 4.79 Å². The largest absolute Gasteiger partial charge is 0.508 e. The van der Waals surface area contributed by atoms with E-state index in [-0.39, 0.29) is 12.2 Å². The Morgan fingerprint density at radius 1 is 0.897 bits per heavy atom. The summed E-state index contributed by atoms with van der Waals surface area (Å²) in [7, 11) is 0. The lowest BCUT2D eigenvalue weighted by atomic mass is 10.0. The zero-order valence-electron chi connectivity index (χ0n) is 15.2. The summed E-state index contributed by atoms with van der Waals surface area (Å²) in [6.07, 6.45) is -1.52. The van der Waals surface area contributed by atoms with Crippen LogP contribution < -0.4 is 22.1 Å². The fourth-order valence-corrected chi connectivity index (χ4v) is 2.31. The van der Waals surface area contributed by atoms with Gasteiger partial charge in [-0.2, -0.15) is 0 Å². The molecule has 0 fully saturated rings. The molecule has 0 heterocycles. The van der Waals surface area contributed by atoms with E-state index in [4.69, 9.17) is 21.7 Å². The van der Waals surface area contributed by atoms with Crippen LogP contribution in [-0.2, 0) is 30.4 Å². The molecule has 0 aliphatic heterocycles. The first-order valence-corrected chi connectivity index (χ1v) is 8.36. The third kappa shape index (κ3) is 8.26. The lowest BCUT2D eigenvalue weighted by molar-refractivity contribution is -0.144. The number of carbonyl (C=O) groups is 5. The van der Waals surface area contributed by atoms with E-state index in [2.05, 4.69) is 5.32 Å². The number of phenolic OH excluding ortho intramolecular Hbond substituents is 1. The third-order valence-corrected chi connectivity index (χ3v) is 3.76. The lowest BCUT2D eigenvalue weighted by Gasteiger charge is -2.21. The molecule has 1 rings (SSSR count). The Balaban J connectivity index is 2.82. The monoisotopic (exact) mass is 410 g/mol. The normalized spacial score (nSPS) is 13.6. The zero-order valence-corrected chi connectivity index (χ0v) is 15.2. The highest BCUT2D eigenvalue weighted by atomic mass is 16.4. The minimum atomic E-state index is -1.68. The van der Waals surface area contributed by atoms with Crippen molar-refractivity contribution in [2.24, 2.45) is 11.5 Å². The van der Waals surface area contributed by atoms with Crippen LogP contribution in [0.25, 0.3) is 0 Å². The first-order valence-electron chi connectivity index (χ1n) is 8.36. The fourth-order valence-electron chi connectivity index (χ4n) is 2.31. The van der Waals surface area contributed by atoms with E-state index in [0.29, 0.717) is 5.56 Å². The van der Waals surface area contributed by atoms with Crippen LogP contribution in [-0.4, -0.2) is 63.1 Å². The number of carbonyl (C=O) groups excluding carboxylic acids is 3. The van der Waals surface area contributed by atoms with Crippen molar-refractivity contribution in [1.29, 1.82) is 0 Å². The number of hydrogen-bond acceptors (Lipinski definition) is 7. The second-order valence-corrected chi connectivity index (χ2v) is 6.21. The molecule has 0 saturated carbocycles. The van der Waals surface area contributed by atoms with Crippen LogP contribution in [0.2, 0.25) is 0 Å². The van der Waals surface area contributed by atoms with Crippen LogP contribution in [0.5, 0.6) is 5.75 Å². The summed E-state index contributed by atoms with van der Waals surface area (Å²) in [6.45, 7) is 0. The van der Waals surface area contributed by atoms with Crippen molar-refractivity contribution in [3.05, 3.63) is 29.8 Å². The molecule has 0 spiro atoms. The molecule has 0 radical (unpaired) electrons. The number of carboxylic acid groups (broad SMARTS) is 2. The fraction of sp³-hybridized carbons (Fsp3) is 0.353. The van der Waals surface area contributed by atoms with Crippen molar-refractivity contribution < 1.29 is 39.3 Å². The van der Waals surface area contributed by atoms with E-state index >= 15 is 0 Å². The Bertz CT molecular complexity index is 780. The summed E-state index contributed by atoms with van der Waals surface area (Å²) in [5.41, 5.74) is 11.3. The highest BCUT2D eigenvalue weighted by molar-refractivity contribution is 5.95. The minimum Gasteiger partial charge on any atom is -0.508 e. The second-order valence-electron chi connectivity index (χ2n) is 6.21. The molecule has 0 aliphatic rings. The molecule has 3 amide bonds. The van der Waals surface area contributed by atoms with Crippen LogP contribution in [0.15, 0.2) is 24.3 Å². The average Bonchev–Trinajstić information content (AvgIpc) is 2.61. The molecule has 0 aromatic heterocycles. The topological polar surface area (TPSA) is 222 Å². The van der Waals surface area contributed by atoms with Gasteiger partial charge in [-0.15, -0.1) is 0 Å². The molecule has 0 aliphatic carbocycles. The van der Waals surface area contributed by atoms with E-state index in [1.807, 2.05) is 5.32 Å². The van der Waals surface area contributed by atoms with Crippen molar-refractivity contribution in [3.63, 3.8) is 0 Å². The number of nitrogens with one attached hydrogen (secondary N) is 2. The van der Waals surface area contributed by atoms with E-state index in [1.54, 1.807) is 0 Å². The van der Waals surface area contributed by atoms with Gasteiger partial charge in [0, 0.05) is 0 Å². The highest BCUT2D eigenvalue weighted by Gasteiger charge is 2.30. The average molecular weight is 410 g/mol. The molecule has 9 N–H and O–H groups in total. The third-order valence-electron chi connectivity index (χ3n) is 3.76. The standard InChI is InChI=1S/C17H22N4O8/c18-10(5-8-1-3-9(22)4-2-8)15(26)20-11(7-14(24)25)16(27)21-12(17(28)29)6-13(19)23/h1-4,10-12,22H,5-7,18H2,(H2,19,23)(H,20,26)(H,21,27)(H,24,25)(H,28,29). The van der Waals surface area contributed by atoms with Gasteiger partial charge in [0.1, 0.15) is 17.8 Å². The van der Waals surface area contributed by atoms with Crippen LogP contribution in [0.3, 0.4) is 0 Å². The number of rotatable bonds is 11. The summed E-state index contributed by atoms with van der Waals surface area (Å²) < 4.78 is 0. The molecule has 158 valence electrons. The summed E-state index contributed by atoms with van der Waals surface area (Å²) in [4.78, 5) is 57.5. The summed E-state index contributed by atoms with van der Waals surface area (Å²) in [6, 6.07) is 1.40. The molecule has 1 aromatic carbocycles. The van der Waals surface area contributed by atoms with Crippen molar-refractivity contribution >= 4 is 29.7 Å². The van der Waals surface area contributed by atoms with Crippen molar-refractivity contribution in [2.75, 3.05) is 0 Å². The molecule has 3 atom stereocenters. The van der Waals surface area contributed by atoms with Crippen molar-refractivity contribution in [3.8, 4) is 5.75 Å². The lowest BCUT2D eigenvalue weighted by Crippen LogP contribution is -2.55. The van der Waals surface area contributed by atoms with Gasteiger partial charge in [-0.3, -0.25) is 19.2 Å². The van der Waals surface area contributed by atoms with Crippen LogP contribution in [0, 0.1) is 0 Å². The quantitative estimate of drug-likeness (QED) is 0.207. The Labute approximate surface area is 164 Å². The molecular weight excluding hydrogens is 388 g/mol. The number of primary amides is 1. The molecule has 12 heteroatoms. The smallest absolute Gasteiger partial charge is 0.326 e. The van der Waals surface area contributed by atoms with Gasteiger partial charge in [-0.05, 0) is 24.1 Å². The molecule has 0 saturated heterocycles. The summed E-state index contributed by atoms with van der Waals surface area (Å²) >= 11 is 0. The van der Waals surface area contributed by atoms with E-state index in [0.717, 1.165) is 0 Å². The number of phenols is 1. The Morgan fingerprint density at radius 2 is 1.45 bits per heavy atom. The number of aromatic hydroxyl groups is 1. The SMILES string of the molecule is NC(=O)CC(NC(=O)C(CC(=O)O)NC(=O)C(N)Cc1ccc(O)cc1)C(=O)O.